The predicted molar refractivity (Wildman–Crippen MR) is 64.7 cm³/mol. The molecule has 1 amide bonds. The Morgan fingerprint density at radius 3 is 2.65 bits per heavy atom. The minimum absolute atomic E-state index is 0.235. The molecule has 1 aromatic heterocycles. The van der Waals surface area contributed by atoms with E-state index in [-0.39, 0.29) is 5.69 Å². The molecular weight excluding hydrogens is 240 g/mol. The van der Waals surface area contributed by atoms with Crippen LogP contribution in [-0.4, -0.2) is 23.0 Å². The fraction of sp³-hybridized carbons (Fsp3) is 0.545. The number of aromatic nitrogens is 1. The van der Waals surface area contributed by atoms with Crippen molar-refractivity contribution in [3.8, 4) is 0 Å². The molecule has 1 atom stereocenters. The highest BCUT2D eigenvalue weighted by Crippen LogP contribution is 2.15. The summed E-state index contributed by atoms with van der Waals surface area (Å²) in [6.07, 6.45) is -0.110. The molecule has 0 unspecified atom stereocenters. The lowest BCUT2D eigenvalue weighted by atomic mass is 10.1. The first kappa shape index (κ1) is 13.6. The van der Waals surface area contributed by atoms with Crippen LogP contribution in [0.25, 0.3) is 0 Å². The predicted octanol–water partition coefficient (Wildman–Crippen LogP) is 1.37. The summed E-state index contributed by atoms with van der Waals surface area (Å²) in [6, 6.07) is 0. The van der Waals surface area contributed by atoms with Gasteiger partial charge in [-0.2, -0.15) is 0 Å². The van der Waals surface area contributed by atoms with Crippen LogP contribution in [0.15, 0.2) is 5.38 Å². The number of hydrogen-bond donors (Lipinski definition) is 1. The van der Waals surface area contributed by atoms with E-state index in [2.05, 4.69) is 18.8 Å². The zero-order chi connectivity index (χ0) is 13.0. The Bertz CT molecular complexity index is 415. The summed E-state index contributed by atoms with van der Waals surface area (Å²) >= 11 is 1.41. The Hall–Kier alpha value is -1.43. The van der Waals surface area contributed by atoms with E-state index in [1.165, 1.54) is 18.3 Å². The number of rotatable bonds is 5. The van der Waals surface area contributed by atoms with Gasteiger partial charge < -0.3 is 10.5 Å². The molecule has 17 heavy (non-hydrogen) atoms. The van der Waals surface area contributed by atoms with Crippen molar-refractivity contribution < 1.29 is 14.3 Å². The number of primary amides is 1. The number of ether oxygens (including phenoxy) is 1. The number of hydrogen-bond acceptors (Lipinski definition) is 5. The molecule has 0 aromatic carbocycles. The first-order chi connectivity index (χ1) is 7.90. The molecule has 1 heterocycles. The van der Waals surface area contributed by atoms with Gasteiger partial charge in [0.2, 0.25) is 0 Å². The van der Waals surface area contributed by atoms with Crippen molar-refractivity contribution in [3.05, 3.63) is 16.1 Å². The van der Waals surface area contributed by atoms with Gasteiger partial charge in [-0.15, -0.1) is 11.3 Å². The number of carbonyl (C=O) groups is 2. The fourth-order valence-corrected chi connectivity index (χ4v) is 2.10. The van der Waals surface area contributed by atoms with Crippen molar-refractivity contribution in [2.45, 2.75) is 33.3 Å². The van der Waals surface area contributed by atoms with Crippen molar-refractivity contribution in [1.29, 1.82) is 0 Å². The van der Waals surface area contributed by atoms with Crippen LogP contribution >= 0.6 is 11.3 Å². The number of amides is 1. The molecule has 2 N–H and O–H groups in total. The zero-order valence-electron chi connectivity index (χ0n) is 10.1. The Labute approximate surface area is 104 Å². The molecule has 6 heteroatoms. The van der Waals surface area contributed by atoms with E-state index < -0.39 is 18.0 Å². The third kappa shape index (κ3) is 4.14. The van der Waals surface area contributed by atoms with Crippen LogP contribution in [-0.2, 0) is 16.0 Å². The van der Waals surface area contributed by atoms with Crippen molar-refractivity contribution in [3.63, 3.8) is 0 Å². The summed E-state index contributed by atoms with van der Waals surface area (Å²) in [5.74, 6) is -0.798. The second-order valence-electron chi connectivity index (χ2n) is 4.17. The second-order valence-corrected chi connectivity index (χ2v) is 5.12. The van der Waals surface area contributed by atoms with Crippen molar-refractivity contribution in [1.82, 2.24) is 4.98 Å². The number of nitrogens with two attached hydrogens (primary N) is 1. The average molecular weight is 256 g/mol. The molecule has 0 radical (unpaired) electrons. The minimum Gasteiger partial charge on any atom is -0.448 e. The Balaban J connectivity index is 2.64. The summed E-state index contributed by atoms with van der Waals surface area (Å²) < 4.78 is 4.85. The first-order valence-electron chi connectivity index (χ1n) is 5.34. The SMILES string of the molecule is CC(C)Cc1nc(C(=O)O[C@@H](C)C(N)=O)cs1. The summed E-state index contributed by atoms with van der Waals surface area (Å²) in [4.78, 5) is 26.5. The molecule has 5 nitrogen and oxygen atoms in total. The van der Waals surface area contributed by atoms with Gasteiger partial charge in [0.15, 0.2) is 11.8 Å². The molecular formula is C11H16N2O3S. The topological polar surface area (TPSA) is 82.3 Å². The van der Waals surface area contributed by atoms with Gasteiger partial charge in [0.1, 0.15) is 0 Å². The summed E-state index contributed by atoms with van der Waals surface area (Å²) in [5.41, 5.74) is 5.23. The number of thiazole rings is 1. The fourth-order valence-electron chi connectivity index (χ4n) is 1.13. The molecule has 0 aliphatic rings. The molecule has 1 rings (SSSR count). The number of carbonyl (C=O) groups excluding carboxylic acids is 2. The molecule has 0 fully saturated rings. The lowest BCUT2D eigenvalue weighted by Gasteiger charge is -2.07. The monoisotopic (exact) mass is 256 g/mol. The molecule has 0 bridgehead atoms. The van der Waals surface area contributed by atoms with Crippen molar-refractivity contribution >= 4 is 23.2 Å². The van der Waals surface area contributed by atoms with E-state index >= 15 is 0 Å². The smallest absolute Gasteiger partial charge is 0.358 e. The summed E-state index contributed by atoms with van der Waals surface area (Å²) in [6.45, 7) is 5.59. The van der Waals surface area contributed by atoms with Crippen LogP contribution in [0.5, 0.6) is 0 Å². The maximum Gasteiger partial charge on any atom is 0.358 e. The maximum atomic E-state index is 11.6. The van der Waals surface area contributed by atoms with Crippen LogP contribution < -0.4 is 5.73 Å². The molecule has 0 saturated heterocycles. The minimum atomic E-state index is -0.933. The van der Waals surface area contributed by atoms with Gasteiger partial charge in [0, 0.05) is 11.8 Å². The lowest BCUT2D eigenvalue weighted by molar-refractivity contribution is -0.125. The van der Waals surface area contributed by atoms with Crippen LogP contribution in [0.1, 0.15) is 36.3 Å². The van der Waals surface area contributed by atoms with Gasteiger partial charge in [-0.05, 0) is 12.8 Å². The Morgan fingerprint density at radius 1 is 1.47 bits per heavy atom. The van der Waals surface area contributed by atoms with Crippen LogP contribution in [0.2, 0.25) is 0 Å². The first-order valence-corrected chi connectivity index (χ1v) is 6.22. The highest BCUT2D eigenvalue weighted by atomic mass is 32.1. The average Bonchev–Trinajstić information content (AvgIpc) is 2.64. The van der Waals surface area contributed by atoms with Crippen molar-refractivity contribution in [2.75, 3.05) is 0 Å². The lowest BCUT2D eigenvalue weighted by Crippen LogP contribution is -2.30. The third-order valence-corrected chi connectivity index (χ3v) is 2.90. The molecule has 94 valence electrons. The quantitative estimate of drug-likeness (QED) is 0.807. The van der Waals surface area contributed by atoms with Crippen molar-refractivity contribution in [2.24, 2.45) is 11.7 Å². The highest BCUT2D eigenvalue weighted by molar-refractivity contribution is 7.09. The van der Waals surface area contributed by atoms with Crippen LogP contribution in [0.3, 0.4) is 0 Å². The zero-order valence-corrected chi connectivity index (χ0v) is 10.9. The van der Waals surface area contributed by atoms with Gasteiger partial charge in [-0.25, -0.2) is 9.78 Å². The Morgan fingerprint density at radius 2 is 2.12 bits per heavy atom. The largest absolute Gasteiger partial charge is 0.448 e. The summed E-state index contributed by atoms with van der Waals surface area (Å²) in [7, 11) is 0. The van der Waals surface area contributed by atoms with Gasteiger partial charge in [0.05, 0.1) is 5.01 Å². The standard InChI is InChI=1S/C11H16N2O3S/c1-6(2)4-9-13-8(5-17-9)11(15)16-7(3)10(12)14/h5-7H,4H2,1-3H3,(H2,12,14)/t7-/m0/s1. The van der Waals surface area contributed by atoms with Crippen LogP contribution in [0.4, 0.5) is 0 Å². The Kier molecular flexibility index (Phi) is 4.62. The number of nitrogens with zero attached hydrogens (tertiary/aromatic N) is 1. The molecule has 0 saturated carbocycles. The van der Waals surface area contributed by atoms with E-state index in [0.717, 1.165) is 11.4 Å². The van der Waals surface area contributed by atoms with Crippen LogP contribution in [0, 0.1) is 5.92 Å². The molecule has 0 aliphatic heterocycles. The highest BCUT2D eigenvalue weighted by Gasteiger charge is 2.18. The maximum absolute atomic E-state index is 11.6. The van der Waals surface area contributed by atoms with E-state index in [0.29, 0.717) is 5.92 Å². The molecule has 1 aromatic rings. The van der Waals surface area contributed by atoms with E-state index in [1.807, 2.05) is 0 Å². The van der Waals surface area contributed by atoms with Gasteiger partial charge >= 0.3 is 5.97 Å². The van der Waals surface area contributed by atoms with Gasteiger partial charge in [-0.3, -0.25) is 4.79 Å². The summed E-state index contributed by atoms with van der Waals surface area (Å²) in [5, 5.41) is 2.52. The second kappa shape index (κ2) is 5.77. The third-order valence-electron chi connectivity index (χ3n) is 2.03. The van der Waals surface area contributed by atoms with E-state index in [1.54, 1.807) is 5.38 Å². The van der Waals surface area contributed by atoms with E-state index in [4.69, 9.17) is 10.5 Å². The van der Waals surface area contributed by atoms with Gasteiger partial charge in [0.25, 0.3) is 5.91 Å². The normalized spacial score (nSPS) is 12.5. The van der Waals surface area contributed by atoms with Gasteiger partial charge in [-0.1, -0.05) is 13.8 Å². The molecule has 0 aliphatic carbocycles. The number of esters is 1. The molecule has 0 spiro atoms. The van der Waals surface area contributed by atoms with E-state index in [9.17, 15) is 9.59 Å².